The lowest BCUT2D eigenvalue weighted by Crippen LogP contribution is -1.74. The van der Waals surface area contributed by atoms with Gasteiger partial charge in [0.05, 0.1) is 0 Å². The number of hydrogen-bond acceptors (Lipinski definition) is 1. The third-order valence-corrected chi connectivity index (χ3v) is 10.4. The highest BCUT2D eigenvalue weighted by Gasteiger charge is 1.94. The van der Waals surface area contributed by atoms with Crippen molar-refractivity contribution in [2.75, 3.05) is 13.2 Å². The summed E-state index contributed by atoms with van der Waals surface area (Å²) in [5.41, 5.74) is 0. The minimum atomic E-state index is 1.00. The number of hydrogen-bond donors (Lipinski definition) is 0. The van der Waals surface area contributed by atoms with Crippen molar-refractivity contribution in [3.05, 3.63) is 0 Å². The van der Waals surface area contributed by atoms with Gasteiger partial charge in [0.1, 0.15) is 0 Å². The Morgan fingerprint density at radius 2 is 0.231 bits per heavy atom. The molecule has 1 rings (SSSR count). The molecule has 1 nitrogen and oxygen atoms in total. The van der Waals surface area contributed by atoms with Crippen LogP contribution in [0.1, 0.15) is 408 Å². The molecule has 0 unspecified atom stereocenters. The van der Waals surface area contributed by atoms with Crippen LogP contribution in [0.5, 0.6) is 0 Å². The van der Waals surface area contributed by atoms with Crippen LogP contribution in [-0.4, -0.2) is 13.2 Å². The van der Waals surface area contributed by atoms with E-state index in [9.17, 15) is 0 Å². The van der Waals surface area contributed by atoms with Crippen LogP contribution in [0.3, 0.4) is 0 Å². The van der Waals surface area contributed by atoms with E-state index in [0.717, 1.165) is 13.2 Å². The summed E-state index contributed by atoms with van der Waals surface area (Å²) in [6.07, 6.45) is 57.9. The van der Waals surface area contributed by atoms with E-state index in [1.165, 1.54) is 270 Å². The molecule has 0 aromatic carbocycles. The molecule has 1 aliphatic rings. The third kappa shape index (κ3) is 201. The molecule has 0 aliphatic carbocycles. The molecule has 0 spiro atoms. The summed E-state index contributed by atoms with van der Waals surface area (Å²) < 4.78 is 4.94. The van der Waals surface area contributed by atoms with Gasteiger partial charge in [-0.25, -0.2) is 0 Å². The van der Waals surface area contributed by atoms with E-state index in [1.807, 2.05) is 0 Å². The number of ether oxygens (including phenoxy) is 1. The van der Waals surface area contributed by atoms with Crippen molar-refractivity contribution in [3.8, 4) is 0 Å². The molecule has 1 aliphatic heterocycles. The zero-order valence-corrected chi connectivity index (χ0v) is 51.5. The van der Waals surface area contributed by atoms with Crippen LogP contribution in [0.15, 0.2) is 0 Å². The van der Waals surface area contributed by atoms with Crippen LogP contribution in [0, 0.1) is 0 Å². The molecule has 0 saturated carbocycles. The molecule has 0 amide bonds. The Morgan fingerprint density at radius 3 is 0.262 bits per heavy atom. The quantitative estimate of drug-likeness (QED) is 0.0652. The highest BCUT2D eigenvalue weighted by molar-refractivity contribution is 4.44. The Kier molecular flexibility index (Phi) is 170. The van der Waals surface area contributed by atoms with Gasteiger partial charge in [0.25, 0.3) is 0 Å². The smallest absolute Gasteiger partial charge is 0.0466 e. The SMILES string of the molecule is C1CCOC1.CCCCCC.CCCCCC.CCCCCC.CCCCCC.CCCCCC.CCCCCC.CCCCCC.CCCCCC.CCCCCC.CCCCCC. The molecule has 1 heteroatoms. The zero-order chi connectivity index (χ0) is 51.8. The lowest BCUT2D eigenvalue weighted by Gasteiger charge is -1.86. The first-order valence-corrected chi connectivity index (χ1v) is 31.2. The normalized spacial score (nSPS) is 10.2. The van der Waals surface area contributed by atoms with Gasteiger partial charge in [0, 0.05) is 13.2 Å². The molecule has 1 heterocycles. The summed E-state index contributed by atoms with van der Waals surface area (Å²) in [7, 11) is 0. The lowest BCUT2D eigenvalue weighted by molar-refractivity contribution is 0.198. The fourth-order valence-electron chi connectivity index (χ4n) is 5.51. The molecule has 410 valence electrons. The molecular formula is C64H148O. The molecule has 0 radical (unpaired) electrons. The standard InChI is InChI=1S/10C6H14.C4H8O/c10*1-3-5-6-4-2;1-2-4-5-3-1/h10*3-6H2,1-2H3;1-4H2. The van der Waals surface area contributed by atoms with Gasteiger partial charge in [-0.1, -0.05) is 395 Å². The van der Waals surface area contributed by atoms with E-state index in [1.54, 1.807) is 0 Å². The van der Waals surface area contributed by atoms with Crippen molar-refractivity contribution in [1.29, 1.82) is 0 Å². The Morgan fingerprint density at radius 1 is 0.154 bits per heavy atom. The van der Waals surface area contributed by atoms with Gasteiger partial charge in [-0.05, 0) is 12.8 Å². The van der Waals surface area contributed by atoms with Crippen LogP contribution in [0.2, 0.25) is 0 Å². The second kappa shape index (κ2) is 125. The number of rotatable bonds is 30. The van der Waals surface area contributed by atoms with Gasteiger partial charge in [0.15, 0.2) is 0 Å². The summed E-state index contributed by atoms with van der Waals surface area (Å²) in [6, 6.07) is 0. The summed E-state index contributed by atoms with van der Waals surface area (Å²) >= 11 is 0. The maximum Gasteiger partial charge on any atom is 0.0466 e. The van der Waals surface area contributed by atoms with Crippen LogP contribution in [-0.2, 0) is 4.74 Å². The fraction of sp³-hybridized carbons (Fsp3) is 1.00. The summed E-state index contributed by atoms with van der Waals surface area (Å²) in [5.74, 6) is 0. The average molecular weight is 934 g/mol. The summed E-state index contributed by atoms with van der Waals surface area (Å²) in [5, 5.41) is 0. The van der Waals surface area contributed by atoms with Crippen molar-refractivity contribution in [3.63, 3.8) is 0 Å². The van der Waals surface area contributed by atoms with Crippen LogP contribution >= 0.6 is 0 Å². The first-order valence-electron chi connectivity index (χ1n) is 31.2. The summed E-state index contributed by atoms with van der Waals surface area (Å²) in [4.78, 5) is 0. The molecule has 0 atom stereocenters. The van der Waals surface area contributed by atoms with Crippen molar-refractivity contribution < 1.29 is 4.74 Å². The largest absolute Gasteiger partial charge is 0.381 e. The Labute approximate surface area is 424 Å². The Bertz CT molecular complexity index is 317. The lowest BCUT2D eigenvalue weighted by atomic mass is 10.2. The van der Waals surface area contributed by atoms with Gasteiger partial charge in [-0.3, -0.25) is 0 Å². The van der Waals surface area contributed by atoms with E-state index in [2.05, 4.69) is 138 Å². The first-order chi connectivity index (χ1) is 31.6. The minimum Gasteiger partial charge on any atom is -0.381 e. The van der Waals surface area contributed by atoms with E-state index in [0.29, 0.717) is 0 Å². The highest BCUT2D eigenvalue weighted by atomic mass is 16.5. The van der Waals surface area contributed by atoms with Crippen molar-refractivity contribution in [2.45, 2.75) is 408 Å². The third-order valence-electron chi connectivity index (χ3n) is 10.4. The van der Waals surface area contributed by atoms with Crippen LogP contribution in [0.4, 0.5) is 0 Å². The predicted octanol–water partition coefficient (Wildman–Crippen LogP) is 26.7. The Hall–Kier alpha value is -0.0400. The Balaban J connectivity index is -0.0000000640. The van der Waals surface area contributed by atoms with Crippen molar-refractivity contribution in [1.82, 2.24) is 0 Å². The second-order valence-electron chi connectivity index (χ2n) is 18.4. The molecule has 1 fully saturated rings. The van der Waals surface area contributed by atoms with E-state index in [4.69, 9.17) is 4.74 Å². The maximum absolute atomic E-state index is 4.94. The molecule has 65 heavy (non-hydrogen) atoms. The molecule has 0 N–H and O–H groups in total. The van der Waals surface area contributed by atoms with Crippen LogP contribution < -0.4 is 0 Å². The van der Waals surface area contributed by atoms with Gasteiger partial charge in [-0.2, -0.15) is 0 Å². The van der Waals surface area contributed by atoms with Gasteiger partial charge < -0.3 is 4.74 Å². The average Bonchev–Trinajstić information content (AvgIpc) is 3.95. The van der Waals surface area contributed by atoms with Crippen molar-refractivity contribution >= 4 is 0 Å². The first kappa shape index (κ1) is 88.0. The summed E-state index contributed by atoms with van der Waals surface area (Å²) in [6.45, 7) is 46.6. The molecule has 0 aromatic rings. The monoisotopic (exact) mass is 933 g/mol. The van der Waals surface area contributed by atoms with E-state index >= 15 is 0 Å². The topological polar surface area (TPSA) is 9.23 Å². The van der Waals surface area contributed by atoms with Crippen LogP contribution in [0.25, 0.3) is 0 Å². The van der Waals surface area contributed by atoms with Gasteiger partial charge >= 0.3 is 0 Å². The maximum atomic E-state index is 4.94. The van der Waals surface area contributed by atoms with Gasteiger partial charge in [0.2, 0.25) is 0 Å². The fourth-order valence-corrected chi connectivity index (χ4v) is 5.51. The highest BCUT2D eigenvalue weighted by Crippen LogP contribution is 2.01. The zero-order valence-electron chi connectivity index (χ0n) is 51.5. The molecular weight excluding hydrogens is 785 g/mol. The van der Waals surface area contributed by atoms with E-state index in [-0.39, 0.29) is 0 Å². The minimum absolute atomic E-state index is 1.00. The molecule has 0 bridgehead atoms. The van der Waals surface area contributed by atoms with Gasteiger partial charge in [-0.15, -0.1) is 0 Å². The molecule has 1 saturated heterocycles. The van der Waals surface area contributed by atoms with E-state index < -0.39 is 0 Å². The second-order valence-corrected chi connectivity index (χ2v) is 18.4. The predicted molar refractivity (Wildman–Crippen MR) is 318 cm³/mol. The molecule has 0 aromatic heterocycles. The van der Waals surface area contributed by atoms with Crippen molar-refractivity contribution in [2.24, 2.45) is 0 Å². The number of unbranched alkanes of at least 4 members (excludes halogenated alkanes) is 30.